The van der Waals surface area contributed by atoms with Gasteiger partial charge in [-0.15, -0.1) is 0 Å². The molecule has 0 fully saturated rings. The Kier molecular flexibility index (Phi) is 2.54. The number of rotatable bonds is 2. The molecule has 2 aromatic rings. The lowest BCUT2D eigenvalue weighted by Gasteiger charge is -2.03. The molecule has 0 aliphatic carbocycles. The van der Waals surface area contributed by atoms with E-state index in [0.29, 0.717) is 0 Å². The van der Waals surface area contributed by atoms with Crippen molar-refractivity contribution in [1.29, 1.82) is 0 Å². The van der Waals surface area contributed by atoms with Gasteiger partial charge in [0.25, 0.3) is 0 Å². The van der Waals surface area contributed by atoms with Crippen LogP contribution >= 0.6 is 0 Å². The molecule has 3 nitrogen and oxygen atoms in total. The summed E-state index contributed by atoms with van der Waals surface area (Å²) in [6.45, 7) is 0. The van der Waals surface area contributed by atoms with Crippen LogP contribution in [0, 0.1) is 0 Å². The molecule has 3 heteroatoms. The van der Waals surface area contributed by atoms with Crippen LogP contribution in [0.2, 0.25) is 0 Å². The Morgan fingerprint density at radius 3 is 2.47 bits per heavy atom. The average molecular weight is 200 g/mol. The molecule has 0 atom stereocenters. The number of phenols is 1. The molecule has 0 saturated carbocycles. The Morgan fingerprint density at radius 2 is 1.80 bits per heavy atom. The smallest absolute Gasteiger partial charge is 0.126 e. The SMILES string of the molecule is CNc1cccc(-c2ccc(O)cc2)n1. The van der Waals surface area contributed by atoms with Crippen molar-refractivity contribution < 1.29 is 5.11 Å². The third-order valence-electron chi connectivity index (χ3n) is 2.17. The summed E-state index contributed by atoms with van der Waals surface area (Å²) in [4.78, 5) is 4.40. The van der Waals surface area contributed by atoms with Crippen LogP contribution in [-0.4, -0.2) is 17.1 Å². The van der Waals surface area contributed by atoms with Gasteiger partial charge < -0.3 is 10.4 Å². The first-order chi connectivity index (χ1) is 7.29. The van der Waals surface area contributed by atoms with Gasteiger partial charge in [-0.2, -0.15) is 0 Å². The summed E-state index contributed by atoms with van der Waals surface area (Å²) in [6, 6.07) is 12.8. The predicted octanol–water partition coefficient (Wildman–Crippen LogP) is 2.50. The van der Waals surface area contributed by atoms with Crippen molar-refractivity contribution in [3.05, 3.63) is 42.5 Å². The number of phenolic OH excluding ortho intramolecular Hbond substituents is 1. The van der Waals surface area contributed by atoms with Gasteiger partial charge in [-0.3, -0.25) is 0 Å². The van der Waals surface area contributed by atoms with Crippen LogP contribution in [0.4, 0.5) is 5.82 Å². The molecule has 0 spiro atoms. The van der Waals surface area contributed by atoms with Crippen molar-refractivity contribution in [2.45, 2.75) is 0 Å². The number of hydrogen-bond acceptors (Lipinski definition) is 3. The van der Waals surface area contributed by atoms with E-state index >= 15 is 0 Å². The second-order valence-corrected chi connectivity index (χ2v) is 3.20. The molecule has 2 N–H and O–H groups in total. The molecule has 0 unspecified atom stereocenters. The third kappa shape index (κ3) is 2.07. The first-order valence-corrected chi connectivity index (χ1v) is 4.74. The van der Waals surface area contributed by atoms with E-state index in [1.807, 2.05) is 37.4 Å². The van der Waals surface area contributed by atoms with Gasteiger partial charge in [0.15, 0.2) is 0 Å². The van der Waals surface area contributed by atoms with Crippen molar-refractivity contribution >= 4 is 5.82 Å². The number of nitrogens with zero attached hydrogens (tertiary/aromatic N) is 1. The fourth-order valence-corrected chi connectivity index (χ4v) is 1.37. The zero-order valence-corrected chi connectivity index (χ0v) is 8.44. The van der Waals surface area contributed by atoms with Gasteiger partial charge in [-0.25, -0.2) is 4.98 Å². The lowest BCUT2D eigenvalue weighted by atomic mass is 10.1. The number of anilines is 1. The fraction of sp³-hybridized carbons (Fsp3) is 0.0833. The second-order valence-electron chi connectivity index (χ2n) is 3.20. The lowest BCUT2D eigenvalue weighted by molar-refractivity contribution is 0.475. The molecule has 0 radical (unpaired) electrons. The van der Waals surface area contributed by atoms with Crippen LogP contribution in [0.1, 0.15) is 0 Å². The molecule has 0 aliphatic rings. The molecule has 0 amide bonds. The Balaban J connectivity index is 2.40. The maximum atomic E-state index is 9.17. The van der Waals surface area contributed by atoms with Crippen molar-refractivity contribution in [2.75, 3.05) is 12.4 Å². The van der Waals surface area contributed by atoms with Gasteiger partial charge in [0.1, 0.15) is 11.6 Å². The molecule has 1 aromatic carbocycles. The number of pyridine rings is 1. The molecule has 0 bridgehead atoms. The molecule has 1 aromatic heterocycles. The highest BCUT2D eigenvalue weighted by Gasteiger charge is 1.99. The van der Waals surface area contributed by atoms with Gasteiger partial charge in [0.05, 0.1) is 5.69 Å². The normalized spacial score (nSPS) is 9.93. The Morgan fingerprint density at radius 1 is 1.07 bits per heavy atom. The highest BCUT2D eigenvalue weighted by atomic mass is 16.3. The highest BCUT2D eigenvalue weighted by molar-refractivity contribution is 5.61. The van der Waals surface area contributed by atoms with Crippen LogP contribution in [0.3, 0.4) is 0 Å². The van der Waals surface area contributed by atoms with Crippen LogP contribution in [0.5, 0.6) is 5.75 Å². The maximum absolute atomic E-state index is 9.17. The maximum Gasteiger partial charge on any atom is 0.126 e. The molecular formula is C12H12N2O. The van der Waals surface area contributed by atoms with Gasteiger partial charge >= 0.3 is 0 Å². The van der Waals surface area contributed by atoms with E-state index in [-0.39, 0.29) is 5.75 Å². The van der Waals surface area contributed by atoms with E-state index in [9.17, 15) is 5.11 Å². The molecule has 1 heterocycles. The van der Waals surface area contributed by atoms with Crippen LogP contribution in [0.25, 0.3) is 11.3 Å². The van der Waals surface area contributed by atoms with Gasteiger partial charge in [-0.05, 0) is 36.4 Å². The minimum absolute atomic E-state index is 0.267. The lowest BCUT2D eigenvalue weighted by Crippen LogP contribution is -1.92. The minimum Gasteiger partial charge on any atom is -0.508 e. The molecule has 0 aliphatic heterocycles. The number of hydrogen-bond donors (Lipinski definition) is 2. The van der Waals surface area contributed by atoms with E-state index in [1.165, 1.54) is 0 Å². The minimum atomic E-state index is 0.267. The summed E-state index contributed by atoms with van der Waals surface area (Å²) in [6.07, 6.45) is 0. The van der Waals surface area contributed by atoms with Crippen LogP contribution in [-0.2, 0) is 0 Å². The summed E-state index contributed by atoms with van der Waals surface area (Å²) in [7, 11) is 1.84. The zero-order valence-electron chi connectivity index (χ0n) is 8.44. The largest absolute Gasteiger partial charge is 0.508 e. The molecular weight excluding hydrogens is 188 g/mol. The van der Waals surface area contributed by atoms with E-state index in [2.05, 4.69) is 10.3 Å². The fourth-order valence-electron chi connectivity index (χ4n) is 1.37. The van der Waals surface area contributed by atoms with Crippen LogP contribution in [0.15, 0.2) is 42.5 Å². The van der Waals surface area contributed by atoms with E-state index in [0.717, 1.165) is 17.1 Å². The first kappa shape index (κ1) is 9.52. The van der Waals surface area contributed by atoms with Crippen LogP contribution < -0.4 is 5.32 Å². The number of aromatic hydroxyl groups is 1. The molecule has 76 valence electrons. The summed E-state index contributed by atoms with van der Waals surface area (Å²) in [5.74, 6) is 1.10. The zero-order chi connectivity index (χ0) is 10.7. The molecule has 15 heavy (non-hydrogen) atoms. The summed E-state index contributed by atoms with van der Waals surface area (Å²) < 4.78 is 0. The van der Waals surface area contributed by atoms with Crippen molar-refractivity contribution in [3.63, 3.8) is 0 Å². The van der Waals surface area contributed by atoms with E-state index in [1.54, 1.807) is 12.1 Å². The van der Waals surface area contributed by atoms with Gasteiger partial charge in [-0.1, -0.05) is 6.07 Å². The number of nitrogens with one attached hydrogen (secondary N) is 1. The quantitative estimate of drug-likeness (QED) is 0.782. The predicted molar refractivity (Wildman–Crippen MR) is 60.9 cm³/mol. The van der Waals surface area contributed by atoms with Gasteiger partial charge in [0, 0.05) is 12.6 Å². The monoisotopic (exact) mass is 200 g/mol. The Bertz CT molecular complexity index is 451. The molecule has 0 saturated heterocycles. The standard InChI is InChI=1S/C12H12N2O/c1-13-12-4-2-3-11(14-12)9-5-7-10(15)8-6-9/h2-8,15H,1H3,(H,13,14). The average Bonchev–Trinajstić information content (AvgIpc) is 2.30. The van der Waals surface area contributed by atoms with Crippen molar-refractivity contribution in [1.82, 2.24) is 4.98 Å². The Labute approximate surface area is 88.4 Å². The summed E-state index contributed by atoms with van der Waals surface area (Å²) in [5.41, 5.74) is 1.88. The van der Waals surface area contributed by atoms with Crippen molar-refractivity contribution in [3.8, 4) is 17.0 Å². The summed E-state index contributed by atoms with van der Waals surface area (Å²) >= 11 is 0. The Hall–Kier alpha value is -2.03. The van der Waals surface area contributed by atoms with Gasteiger partial charge in [0.2, 0.25) is 0 Å². The summed E-state index contributed by atoms with van der Waals surface area (Å²) in [5, 5.41) is 12.2. The number of benzene rings is 1. The van der Waals surface area contributed by atoms with E-state index < -0.39 is 0 Å². The highest BCUT2D eigenvalue weighted by Crippen LogP contribution is 2.20. The number of aromatic nitrogens is 1. The van der Waals surface area contributed by atoms with E-state index in [4.69, 9.17) is 0 Å². The molecule has 2 rings (SSSR count). The topological polar surface area (TPSA) is 45.1 Å². The second kappa shape index (κ2) is 4.00. The first-order valence-electron chi connectivity index (χ1n) is 4.74. The van der Waals surface area contributed by atoms with Crippen molar-refractivity contribution in [2.24, 2.45) is 0 Å². The third-order valence-corrected chi connectivity index (χ3v) is 2.17.